The fraction of sp³-hybridized carbons (Fsp3) is 0.111. The third kappa shape index (κ3) is 3.80. The largest absolute Gasteiger partial charge is 0.274 e. The van der Waals surface area contributed by atoms with Crippen LogP contribution in [0.2, 0.25) is 0 Å². The van der Waals surface area contributed by atoms with E-state index in [0.29, 0.717) is 5.69 Å². The minimum absolute atomic E-state index is 0.310. The van der Waals surface area contributed by atoms with E-state index in [2.05, 4.69) is 11.8 Å². The van der Waals surface area contributed by atoms with Gasteiger partial charge in [-0.1, -0.05) is 36.1 Å². The van der Waals surface area contributed by atoms with Crippen molar-refractivity contribution in [3.8, 4) is 11.8 Å². The molecule has 2 amide bonds. The van der Waals surface area contributed by atoms with Crippen LogP contribution in [0.5, 0.6) is 0 Å². The van der Waals surface area contributed by atoms with Crippen LogP contribution < -0.4 is 4.90 Å². The first-order valence-corrected chi connectivity index (χ1v) is 6.56. The van der Waals surface area contributed by atoms with E-state index in [1.165, 1.54) is 13.8 Å². The van der Waals surface area contributed by atoms with Gasteiger partial charge in [0, 0.05) is 25.0 Å². The van der Waals surface area contributed by atoms with Crippen molar-refractivity contribution in [2.75, 3.05) is 4.90 Å². The van der Waals surface area contributed by atoms with Gasteiger partial charge in [0.15, 0.2) is 0 Å². The molecule has 104 valence electrons. The summed E-state index contributed by atoms with van der Waals surface area (Å²) >= 11 is 0. The Hall–Kier alpha value is -2.86. The lowest BCUT2D eigenvalue weighted by atomic mass is 10.1. The molecule has 0 spiro atoms. The van der Waals surface area contributed by atoms with Crippen LogP contribution in [-0.4, -0.2) is 11.8 Å². The van der Waals surface area contributed by atoms with Gasteiger partial charge in [0.1, 0.15) is 0 Å². The summed E-state index contributed by atoms with van der Waals surface area (Å²) in [5, 5.41) is 0. The SMILES string of the molecule is CC(=O)N(C(C)=O)c1cccc(C#Cc2ccccc2)c1. The van der Waals surface area contributed by atoms with Crippen LogP contribution in [0.3, 0.4) is 0 Å². The minimum Gasteiger partial charge on any atom is -0.274 e. The Bertz CT molecular complexity index is 710. The van der Waals surface area contributed by atoms with Crippen molar-refractivity contribution < 1.29 is 9.59 Å². The Morgan fingerprint density at radius 2 is 1.38 bits per heavy atom. The van der Waals surface area contributed by atoms with Gasteiger partial charge in [-0.2, -0.15) is 0 Å². The van der Waals surface area contributed by atoms with Crippen LogP contribution in [0, 0.1) is 11.8 Å². The highest BCUT2D eigenvalue weighted by Gasteiger charge is 2.15. The molecule has 0 unspecified atom stereocenters. The second-order valence-corrected chi connectivity index (χ2v) is 4.54. The van der Waals surface area contributed by atoms with E-state index in [4.69, 9.17) is 0 Å². The molecule has 0 fully saturated rings. The molecule has 0 saturated carbocycles. The summed E-state index contributed by atoms with van der Waals surface area (Å²) in [7, 11) is 0. The summed E-state index contributed by atoms with van der Waals surface area (Å²) in [4.78, 5) is 24.2. The van der Waals surface area contributed by atoms with Gasteiger partial charge in [0.25, 0.3) is 0 Å². The molecule has 0 aromatic heterocycles. The molecular formula is C18H15NO2. The second kappa shape index (κ2) is 6.53. The molecule has 2 rings (SSSR count). The first-order chi connectivity index (χ1) is 10.1. The Morgan fingerprint density at radius 3 is 2.00 bits per heavy atom. The van der Waals surface area contributed by atoms with E-state index < -0.39 is 0 Å². The zero-order chi connectivity index (χ0) is 15.2. The molecule has 2 aromatic rings. The predicted molar refractivity (Wildman–Crippen MR) is 82.7 cm³/mol. The number of benzene rings is 2. The topological polar surface area (TPSA) is 37.4 Å². The van der Waals surface area contributed by atoms with E-state index in [-0.39, 0.29) is 11.8 Å². The number of hydrogen-bond acceptors (Lipinski definition) is 2. The molecule has 0 heterocycles. The smallest absolute Gasteiger partial charge is 0.230 e. The van der Waals surface area contributed by atoms with Gasteiger partial charge in [-0.05, 0) is 30.3 Å². The molecule has 0 bridgehead atoms. The van der Waals surface area contributed by atoms with Crippen LogP contribution in [0.15, 0.2) is 54.6 Å². The zero-order valence-corrected chi connectivity index (χ0v) is 12.0. The first-order valence-electron chi connectivity index (χ1n) is 6.56. The maximum Gasteiger partial charge on any atom is 0.230 e. The lowest BCUT2D eigenvalue weighted by Gasteiger charge is -2.17. The average molecular weight is 277 g/mol. The van der Waals surface area contributed by atoms with Gasteiger partial charge in [0.05, 0.1) is 5.69 Å². The van der Waals surface area contributed by atoms with Gasteiger partial charge < -0.3 is 0 Å². The number of imide groups is 1. The average Bonchev–Trinajstić information content (AvgIpc) is 2.46. The monoisotopic (exact) mass is 277 g/mol. The van der Waals surface area contributed by atoms with Gasteiger partial charge in [0.2, 0.25) is 11.8 Å². The fourth-order valence-electron chi connectivity index (χ4n) is 1.97. The molecule has 0 radical (unpaired) electrons. The summed E-state index contributed by atoms with van der Waals surface area (Å²) in [6.45, 7) is 2.73. The summed E-state index contributed by atoms with van der Waals surface area (Å²) < 4.78 is 0. The summed E-state index contributed by atoms with van der Waals surface area (Å²) in [5.41, 5.74) is 2.21. The fourth-order valence-corrected chi connectivity index (χ4v) is 1.97. The van der Waals surface area contributed by atoms with Crippen molar-refractivity contribution >= 4 is 17.5 Å². The molecular weight excluding hydrogens is 262 g/mol. The van der Waals surface area contributed by atoms with Crippen molar-refractivity contribution in [2.24, 2.45) is 0 Å². The number of rotatable bonds is 1. The number of carbonyl (C=O) groups is 2. The van der Waals surface area contributed by atoms with Crippen LogP contribution in [0.25, 0.3) is 0 Å². The van der Waals surface area contributed by atoms with Crippen molar-refractivity contribution in [1.29, 1.82) is 0 Å². The zero-order valence-electron chi connectivity index (χ0n) is 12.0. The van der Waals surface area contributed by atoms with Crippen LogP contribution in [0.1, 0.15) is 25.0 Å². The van der Waals surface area contributed by atoms with E-state index in [1.807, 2.05) is 36.4 Å². The van der Waals surface area contributed by atoms with E-state index in [9.17, 15) is 9.59 Å². The second-order valence-electron chi connectivity index (χ2n) is 4.54. The maximum absolute atomic E-state index is 11.5. The lowest BCUT2D eigenvalue weighted by Crippen LogP contribution is -2.33. The number of amides is 2. The van der Waals surface area contributed by atoms with E-state index in [0.717, 1.165) is 16.0 Å². The van der Waals surface area contributed by atoms with Crippen molar-refractivity contribution in [3.63, 3.8) is 0 Å². The van der Waals surface area contributed by atoms with Crippen LogP contribution >= 0.6 is 0 Å². The molecule has 0 aliphatic carbocycles. The molecule has 2 aromatic carbocycles. The van der Waals surface area contributed by atoms with Crippen molar-refractivity contribution in [3.05, 3.63) is 65.7 Å². The molecule has 3 heteroatoms. The van der Waals surface area contributed by atoms with Gasteiger partial charge in [-0.15, -0.1) is 0 Å². The first kappa shape index (κ1) is 14.5. The highest BCUT2D eigenvalue weighted by Crippen LogP contribution is 2.16. The van der Waals surface area contributed by atoms with Crippen LogP contribution in [-0.2, 0) is 9.59 Å². The molecule has 21 heavy (non-hydrogen) atoms. The molecule has 0 saturated heterocycles. The predicted octanol–water partition coefficient (Wildman–Crippen LogP) is 2.99. The van der Waals surface area contributed by atoms with Crippen molar-refractivity contribution in [1.82, 2.24) is 0 Å². The summed E-state index contributed by atoms with van der Waals surface area (Å²) in [6, 6.07) is 16.7. The maximum atomic E-state index is 11.5. The molecule has 0 aliphatic rings. The minimum atomic E-state index is -0.310. The number of anilines is 1. The number of carbonyl (C=O) groups excluding carboxylic acids is 2. The number of hydrogen-bond donors (Lipinski definition) is 0. The molecule has 0 aliphatic heterocycles. The van der Waals surface area contributed by atoms with Crippen molar-refractivity contribution in [2.45, 2.75) is 13.8 Å². The Kier molecular flexibility index (Phi) is 4.53. The number of nitrogens with zero attached hydrogens (tertiary/aromatic N) is 1. The highest BCUT2D eigenvalue weighted by molar-refractivity contribution is 6.13. The third-order valence-corrected chi connectivity index (χ3v) is 2.86. The third-order valence-electron chi connectivity index (χ3n) is 2.86. The van der Waals surface area contributed by atoms with Gasteiger partial charge in [-0.3, -0.25) is 14.5 Å². The Labute approximate surface area is 124 Å². The van der Waals surface area contributed by atoms with Gasteiger partial charge in [-0.25, -0.2) is 0 Å². The van der Waals surface area contributed by atoms with Gasteiger partial charge >= 0.3 is 0 Å². The Morgan fingerprint density at radius 1 is 0.810 bits per heavy atom. The normalized spacial score (nSPS) is 9.43. The molecule has 0 N–H and O–H groups in total. The molecule has 3 nitrogen and oxygen atoms in total. The molecule has 0 atom stereocenters. The summed E-state index contributed by atoms with van der Waals surface area (Å²) in [6.07, 6.45) is 0. The van der Waals surface area contributed by atoms with Crippen LogP contribution in [0.4, 0.5) is 5.69 Å². The lowest BCUT2D eigenvalue weighted by molar-refractivity contribution is -0.124. The Balaban J connectivity index is 2.32. The standard InChI is InChI=1S/C18H15NO2/c1-14(20)19(15(2)21)18-10-6-9-17(13-18)12-11-16-7-4-3-5-8-16/h3-10,13H,1-2H3. The quantitative estimate of drug-likeness (QED) is 0.751. The van der Waals surface area contributed by atoms with E-state index in [1.54, 1.807) is 18.2 Å². The highest BCUT2D eigenvalue weighted by atomic mass is 16.2. The van der Waals surface area contributed by atoms with E-state index >= 15 is 0 Å². The summed E-state index contributed by atoms with van der Waals surface area (Å²) in [5.74, 6) is 5.46.